The van der Waals surface area contributed by atoms with Gasteiger partial charge in [0, 0.05) is 28.2 Å². The summed E-state index contributed by atoms with van der Waals surface area (Å²) < 4.78 is 6.13. The lowest BCUT2D eigenvalue weighted by Gasteiger charge is -2.30. The van der Waals surface area contributed by atoms with Gasteiger partial charge in [0.15, 0.2) is 5.72 Å². The van der Waals surface area contributed by atoms with Gasteiger partial charge in [0.05, 0.1) is 12.6 Å². The predicted molar refractivity (Wildman–Crippen MR) is 91.7 cm³/mol. The number of nitrogens with zero attached hydrogens (tertiary/aromatic N) is 1. The van der Waals surface area contributed by atoms with Gasteiger partial charge in [-0.3, -0.25) is 4.79 Å². The van der Waals surface area contributed by atoms with Gasteiger partial charge in [-0.05, 0) is 31.0 Å². The molecule has 4 nitrogen and oxygen atoms in total. The number of ether oxygens (including phenoxy) is 1. The lowest BCUT2D eigenvalue weighted by atomic mass is 10.0. The topological polar surface area (TPSA) is 45.3 Å². The van der Waals surface area contributed by atoms with Crippen LogP contribution in [-0.2, 0) is 16.9 Å². The Morgan fingerprint density at radius 2 is 2.00 bits per heavy atom. The van der Waals surface area contributed by atoms with E-state index in [0.29, 0.717) is 6.61 Å². The third-order valence-corrected chi connectivity index (χ3v) is 5.39. The minimum absolute atomic E-state index is 0.0501. The third-order valence-electron chi connectivity index (χ3n) is 5.39. The lowest BCUT2D eigenvalue weighted by molar-refractivity contribution is -0.0510. The van der Waals surface area contributed by atoms with Gasteiger partial charge >= 0.3 is 0 Å². The molecule has 0 spiro atoms. The van der Waals surface area contributed by atoms with E-state index < -0.39 is 5.72 Å². The number of nitrogens with one attached hydrogen (secondary N) is 1. The SMILES string of the molecule is C[C@@]12OC[C@H](Cc3c[nH]c4ccccc34)N1C(=O)c1ccccc12. The Hall–Kier alpha value is -2.59. The smallest absolute Gasteiger partial charge is 0.257 e. The van der Waals surface area contributed by atoms with Crippen LogP contribution in [0.1, 0.15) is 28.4 Å². The van der Waals surface area contributed by atoms with Crippen LogP contribution in [0, 0.1) is 0 Å². The number of H-pyrrole nitrogens is 1. The Morgan fingerprint density at radius 3 is 2.92 bits per heavy atom. The van der Waals surface area contributed by atoms with Gasteiger partial charge in [0.2, 0.25) is 0 Å². The van der Waals surface area contributed by atoms with Gasteiger partial charge in [-0.2, -0.15) is 0 Å². The normalized spacial score (nSPS) is 25.3. The van der Waals surface area contributed by atoms with E-state index in [1.807, 2.05) is 54.4 Å². The van der Waals surface area contributed by atoms with Gasteiger partial charge in [0.25, 0.3) is 5.91 Å². The molecule has 1 fully saturated rings. The molecule has 0 bridgehead atoms. The Kier molecular flexibility index (Phi) is 2.71. The van der Waals surface area contributed by atoms with Crippen LogP contribution >= 0.6 is 0 Å². The summed E-state index contributed by atoms with van der Waals surface area (Å²) in [5.74, 6) is 0.0791. The number of fused-ring (bicyclic) bond motifs is 4. The van der Waals surface area contributed by atoms with Crippen molar-refractivity contribution in [1.29, 1.82) is 0 Å². The number of hydrogen-bond acceptors (Lipinski definition) is 2. The zero-order valence-electron chi connectivity index (χ0n) is 13.5. The van der Waals surface area contributed by atoms with Crippen molar-refractivity contribution in [2.75, 3.05) is 6.61 Å². The fraction of sp³-hybridized carbons (Fsp3) is 0.250. The molecule has 2 atom stereocenters. The number of carbonyl (C=O) groups excluding carboxylic acids is 1. The van der Waals surface area contributed by atoms with Crippen molar-refractivity contribution in [2.45, 2.75) is 25.1 Å². The summed E-state index contributed by atoms with van der Waals surface area (Å²) in [5.41, 5.74) is 3.47. The Morgan fingerprint density at radius 1 is 1.21 bits per heavy atom. The molecule has 1 aromatic heterocycles. The summed E-state index contributed by atoms with van der Waals surface area (Å²) >= 11 is 0. The molecule has 120 valence electrons. The minimum atomic E-state index is -0.634. The average molecular weight is 318 g/mol. The Bertz CT molecular complexity index is 961. The van der Waals surface area contributed by atoms with Crippen LogP contribution in [0.4, 0.5) is 0 Å². The summed E-state index contributed by atoms with van der Waals surface area (Å²) in [5, 5.41) is 1.22. The summed E-state index contributed by atoms with van der Waals surface area (Å²) in [6.45, 7) is 2.57. The van der Waals surface area contributed by atoms with Crippen molar-refractivity contribution in [3.63, 3.8) is 0 Å². The molecule has 2 aromatic carbocycles. The van der Waals surface area contributed by atoms with E-state index in [9.17, 15) is 4.79 Å². The summed E-state index contributed by atoms with van der Waals surface area (Å²) in [7, 11) is 0. The molecule has 4 heteroatoms. The maximum atomic E-state index is 12.9. The molecule has 0 unspecified atom stereocenters. The molecule has 1 amide bonds. The van der Waals surface area contributed by atoms with Crippen molar-refractivity contribution >= 4 is 16.8 Å². The largest absolute Gasteiger partial charge is 0.361 e. The van der Waals surface area contributed by atoms with Gasteiger partial charge in [-0.1, -0.05) is 36.4 Å². The minimum Gasteiger partial charge on any atom is -0.361 e. The molecule has 2 aliphatic heterocycles. The van der Waals surface area contributed by atoms with Gasteiger partial charge < -0.3 is 14.6 Å². The second-order valence-electron chi connectivity index (χ2n) is 6.73. The van der Waals surface area contributed by atoms with Crippen molar-refractivity contribution in [2.24, 2.45) is 0 Å². The molecule has 0 radical (unpaired) electrons. The maximum Gasteiger partial charge on any atom is 0.257 e. The third kappa shape index (κ3) is 1.69. The molecular formula is C20H18N2O2. The molecule has 1 N–H and O–H groups in total. The molecular weight excluding hydrogens is 300 g/mol. The number of carbonyl (C=O) groups is 1. The number of amides is 1. The first-order chi connectivity index (χ1) is 11.7. The monoisotopic (exact) mass is 318 g/mol. The van der Waals surface area contributed by atoms with E-state index in [1.54, 1.807) is 0 Å². The number of aromatic nitrogens is 1. The van der Waals surface area contributed by atoms with Crippen molar-refractivity contribution < 1.29 is 9.53 Å². The highest BCUT2D eigenvalue weighted by molar-refractivity contribution is 6.00. The second-order valence-corrected chi connectivity index (χ2v) is 6.73. The molecule has 3 heterocycles. The molecule has 5 rings (SSSR count). The van der Waals surface area contributed by atoms with Gasteiger partial charge in [-0.15, -0.1) is 0 Å². The van der Waals surface area contributed by atoms with E-state index in [2.05, 4.69) is 17.1 Å². The molecule has 0 aliphatic carbocycles. The van der Waals surface area contributed by atoms with E-state index in [1.165, 1.54) is 10.9 Å². The van der Waals surface area contributed by atoms with E-state index in [-0.39, 0.29) is 11.9 Å². The standard InChI is InChI=1S/C20H18N2O2/c1-20-17-8-4-2-7-16(17)19(23)22(20)14(12-24-20)10-13-11-21-18-9-5-3-6-15(13)18/h2-9,11,14,21H,10,12H2,1H3/t14-,20-/m0/s1. The quantitative estimate of drug-likeness (QED) is 0.787. The first-order valence-electron chi connectivity index (χ1n) is 8.30. The number of para-hydroxylation sites is 1. The molecule has 2 aliphatic rings. The molecule has 24 heavy (non-hydrogen) atoms. The zero-order valence-corrected chi connectivity index (χ0v) is 13.5. The molecule has 0 saturated carbocycles. The number of hydrogen-bond donors (Lipinski definition) is 1. The van der Waals surface area contributed by atoms with Crippen molar-refractivity contribution in [3.8, 4) is 0 Å². The Labute approximate surface area is 140 Å². The fourth-order valence-electron chi connectivity index (χ4n) is 4.23. The molecule has 1 saturated heterocycles. The number of aromatic amines is 1. The predicted octanol–water partition coefficient (Wildman–Crippen LogP) is 3.44. The van der Waals surface area contributed by atoms with Crippen LogP contribution in [0.25, 0.3) is 10.9 Å². The fourth-order valence-corrected chi connectivity index (χ4v) is 4.23. The van der Waals surface area contributed by atoms with Crippen LogP contribution in [0.5, 0.6) is 0 Å². The van der Waals surface area contributed by atoms with Crippen molar-refractivity contribution in [3.05, 3.63) is 71.4 Å². The van der Waals surface area contributed by atoms with E-state index in [0.717, 1.165) is 23.1 Å². The Balaban J connectivity index is 1.53. The second kappa shape index (κ2) is 4.71. The zero-order chi connectivity index (χ0) is 16.3. The van der Waals surface area contributed by atoms with Crippen LogP contribution in [0.2, 0.25) is 0 Å². The van der Waals surface area contributed by atoms with Crippen molar-refractivity contribution in [1.82, 2.24) is 9.88 Å². The van der Waals surface area contributed by atoms with Gasteiger partial charge in [0.1, 0.15) is 0 Å². The first kappa shape index (κ1) is 13.8. The summed E-state index contributed by atoms with van der Waals surface area (Å²) in [6, 6.07) is 16.1. The average Bonchev–Trinajstić information content (AvgIpc) is 3.23. The molecule has 3 aromatic rings. The van der Waals surface area contributed by atoms with Gasteiger partial charge in [-0.25, -0.2) is 0 Å². The van der Waals surface area contributed by atoms with Crippen LogP contribution < -0.4 is 0 Å². The van der Waals surface area contributed by atoms with Crippen LogP contribution in [-0.4, -0.2) is 28.4 Å². The highest BCUT2D eigenvalue weighted by atomic mass is 16.5. The van der Waals surface area contributed by atoms with Crippen LogP contribution in [0.15, 0.2) is 54.7 Å². The highest BCUT2D eigenvalue weighted by Crippen LogP contribution is 2.45. The first-order valence-corrected chi connectivity index (χ1v) is 8.30. The highest BCUT2D eigenvalue weighted by Gasteiger charge is 2.54. The van der Waals surface area contributed by atoms with E-state index in [4.69, 9.17) is 4.74 Å². The lowest BCUT2D eigenvalue weighted by Crippen LogP contribution is -2.42. The summed E-state index contributed by atoms with van der Waals surface area (Å²) in [6.07, 6.45) is 2.84. The number of benzene rings is 2. The summed E-state index contributed by atoms with van der Waals surface area (Å²) in [4.78, 5) is 18.2. The maximum absolute atomic E-state index is 12.9. The van der Waals surface area contributed by atoms with Crippen LogP contribution in [0.3, 0.4) is 0 Å². The van der Waals surface area contributed by atoms with E-state index >= 15 is 0 Å². The number of rotatable bonds is 2.